The standard InChI is InChI=1S/C26H25N5O5S/c27-25(32)19-7-9-20(10-8-19)28-26(33)24-22-3-1-2-4-23(22)31(29-24)17-18-5-11-21(12-6-18)37(34,35)30-13-15-36-16-14-30/h1-12H,13-17H2,(H2,27,32)(H,28,33). The van der Waals surface area contributed by atoms with E-state index < -0.39 is 21.8 Å². The number of nitrogens with two attached hydrogens (primary N) is 1. The number of hydrogen-bond acceptors (Lipinski definition) is 6. The lowest BCUT2D eigenvalue weighted by molar-refractivity contribution is 0.0730. The Morgan fingerprint density at radius 2 is 1.62 bits per heavy atom. The topological polar surface area (TPSA) is 137 Å². The van der Waals surface area contributed by atoms with Gasteiger partial charge in [-0.25, -0.2) is 8.42 Å². The number of anilines is 1. The molecule has 4 aromatic rings. The Kier molecular flexibility index (Phi) is 6.74. The lowest BCUT2D eigenvalue weighted by Gasteiger charge is -2.26. The van der Waals surface area contributed by atoms with Gasteiger partial charge in [-0.3, -0.25) is 14.3 Å². The minimum Gasteiger partial charge on any atom is -0.379 e. The Labute approximate surface area is 213 Å². The van der Waals surface area contributed by atoms with Crippen molar-refractivity contribution >= 4 is 38.4 Å². The second kappa shape index (κ2) is 10.1. The van der Waals surface area contributed by atoms with Crippen LogP contribution in [0.25, 0.3) is 10.9 Å². The predicted molar refractivity (Wildman–Crippen MR) is 138 cm³/mol. The zero-order valence-electron chi connectivity index (χ0n) is 19.8. The number of carbonyl (C=O) groups is 2. The highest BCUT2D eigenvalue weighted by atomic mass is 32.2. The first-order valence-corrected chi connectivity index (χ1v) is 13.1. The van der Waals surface area contributed by atoms with Crippen molar-refractivity contribution in [1.29, 1.82) is 0 Å². The molecule has 10 nitrogen and oxygen atoms in total. The van der Waals surface area contributed by atoms with Crippen molar-refractivity contribution in [3.63, 3.8) is 0 Å². The van der Waals surface area contributed by atoms with Crippen LogP contribution in [0.5, 0.6) is 0 Å². The van der Waals surface area contributed by atoms with Gasteiger partial charge < -0.3 is 15.8 Å². The van der Waals surface area contributed by atoms with Gasteiger partial charge in [0.05, 0.1) is 30.2 Å². The molecule has 2 amide bonds. The van der Waals surface area contributed by atoms with E-state index in [1.54, 1.807) is 41.1 Å². The van der Waals surface area contributed by atoms with Crippen molar-refractivity contribution in [3.8, 4) is 0 Å². The minimum atomic E-state index is -3.58. The highest BCUT2D eigenvalue weighted by molar-refractivity contribution is 7.89. The van der Waals surface area contributed by atoms with Gasteiger partial charge in [-0.15, -0.1) is 0 Å². The van der Waals surface area contributed by atoms with Crippen LogP contribution in [0.3, 0.4) is 0 Å². The maximum atomic E-state index is 13.1. The molecule has 1 fully saturated rings. The third-order valence-corrected chi connectivity index (χ3v) is 8.08. The number of fused-ring (bicyclic) bond motifs is 1. The molecule has 2 heterocycles. The van der Waals surface area contributed by atoms with Crippen LogP contribution in [-0.4, -0.2) is 60.6 Å². The molecule has 0 aliphatic carbocycles. The first-order valence-electron chi connectivity index (χ1n) is 11.7. The molecule has 3 N–H and O–H groups in total. The maximum Gasteiger partial charge on any atom is 0.276 e. The Balaban J connectivity index is 1.37. The summed E-state index contributed by atoms with van der Waals surface area (Å²) in [5.41, 5.74) is 7.97. The van der Waals surface area contributed by atoms with E-state index in [1.807, 2.05) is 24.3 Å². The quantitative estimate of drug-likeness (QED) is 0.385. The first-order chi connectivity index (χ1) is 17.8. The molecule has 1 aliphatic rings. The van der Waals surface area contributed by atoms with Crippen LogP contribution in [0.15, 0.2) is 77.7 Å². The van der Waals surface area contributed by atoms with Crippen molar-refractivity contribution < 1.29 is 22.7 Å². The van der Waals surface area contributed by atoms with E-state index >= 15 is 0 Å². The number of sulfonamides is 1. The smallest absolute Gasteiger partial charge is 0.276 e. The van der Waals surface area contributed by atoms with Crippen molar-refractivity contribution in [3.05, 3.63) is 89.6 Å². The Morgan fingerprint density at radius 3 is 2.30 bits per heavy atom. The molecule has 0 radical (unpaired) electrons. The SMILES string of the molecule is NC(=O)c1ccc(NC(=O)c2nn(Cc3ccc(S(=O)(=O)N4CCOCC4)cc3)c3ccccc23)cc1. The molecule has 0 bridgehead atoms. The second-order valence-electron chi connectivity index (χ2n) is 8.58. The summed E-state index contributed by atoms with van der Waals surface area (Å²) < 4.78 is 34.2. The normalized spacial score (nSPS) is 14.5. The summed E-state index contributed by atoms with van der Waals surface area (Å²) >= 11 is 0. The van der Waals surface area contributed by atoms with E-state index in [9.17, 15) is 18.0 Å². The summed E-state index contributed by atoms with van der Waals surface area (Å²) in [6.45, 7) is 1.79. The number of hydrogen-bond donors (Lipinski definition) is 2. The third kappa shape index (κ3) is 5.10. The van der Waals surface area contributed by atoms with Gasteiger partial charge in [-0.05, 0) is 48.0 Å². The van der Waals surface area contributed by atoms with Gasteiger partial charge in [0.1, 0.15) is 0 Å². The van der Waals surface area contributed by atoms with Gasteiger partial charge in [-0.2, -0.15) is 9.40 Å². The second-order valence-corrected chi connectivity index (χ2v) is 10.5. The summed E-state index contributed by atoms with van der Waals surface area (Å²) in [7, 11) is -3.58. The maximum absolute atomic E-state index is 13.1. The lowest BCUT2D eigenvalue weighted by atomic mass is 10.1. The summed E-state index contributed by atoms with van der Waals surface area (Å²) in [4.78, 5) is 24.6. The van der Waals surface area contributed by atoms with Crippen LogP contribution < -0.4 is 11.1 Å². The molecule has 5 rings (SSSR count). The van der Waals surface area contributed by atoms with Crippen LogP contribution in [0, 0.1) is 0 Å². The van der Waals surface area contributed by atoms with Gasteiger partial charge in [0.15, 0.2) is 5.69 Å². The van der Waals surface area contributed by atoms with Crippen molar-refractivity contribution in [2.75, 3.05) is 31.6 Å². The molecular weight excluding hydrogens is 494 g/mol. The summed E-state index contributed by atoms with van der Waals surface area (Å²) in [5, 5.41) is 8.04. The molecule has 1 saturated heterocycles. The van der Waals surface area contributed by atoms with E-state index in [0.717, 1.165) is 11.1 Å². The van der Waals surface area contributed by atoms with Gasteiger partial charge >= 0.3 is 0 Å². The average Bonchev–Trinajstić information content (AvgIpc) is 3.28. The summed E-state index contributed by atoms with van der Waals surface area (Å²) in [5.74, 6) is -0.942. The number of nitrogens with one attached hydrogen (secondary N) is 1. The van der Waals surface area contributed by atoms with Crippen LogP contribution in [0.4, 0.5) is 5.69 Å². The van der Waals surface area contributed by atoms with Gasteiger partial charge in [0, 0.05) is 29.7 Å². The van der Waals surface area contributed by atoms with Crippen molar-refractivity contribution in [1.82, 2.24) is 14.1 Å². The van der Waals surface area contributed by atoms with E-state index in [0.29, 0.717) is 49.5 Å². The first kappa shape index (κ1) is 24.6. The number of para-hydroxylation sites is 1. The fourth-order valence-corrected chi connectivity index (χ4v) is 5.61. The Bertz CT molecular complexity index is 1560. The number of amides is 2. The summed E-state index contributed by atoms with van der Waals surface area (Å²) in [6.07, 6.45) is 0. The fraction of sp³-hybridized carbons (Fsp3) is 0.192. The number of morpholine rings is 1. The highest BCUT2D eigenvalue weighted by Gasteiger charge is 2.26. The minimum absolute atomic E-state index is 0.228. The number of benzene rings is 3. The largest absolute Gasteiger partial charge is 0.379 e. The molecule has 0 atom stereocenters. The Hall–Kier alpha value is -4.06. The molecule has 11 heteroatoms. The van der Waals surface area contributed by atoms with Crippen molar-refractivity contribution in [2.24, 2.45) is 5.73 Å². The van der Waals surface area contributed by atoms with E-state index in [2.05, 4.69) is 10.4 Å². The molecule has 1 aliphatic heterocycles. The van der Waals surface area contributed by atoms with Gasteiger partial charge in [-0.1, -0.05) is 30.3 Å². The Morgan fingerprint density at radius 1 is 0.946 bits per heavy atom. The number of carbonyl (C=O) groups excluding carboxylic acids is 2. The van der Waals surface area contributed by atoms with Crippen LogP contribution in [0.2, 0.25) is 0 Å². The molecule has 0 spiro atoms. The van der Waals surface area contributed by atoms with E-state index in [1.165, 1.54) is 16.4 Å². The van der Waals surface area contributed by atoms with Gasteiger partial charge in [0.2, 0.25) is 15.9 Å². The molecule has 37 heavy (non-hydrogen) atoms. The number of ether oxygens (including phenoxy) is 1. The molecule has 190 valence electrons. The number of primary amides is 1. The van der Waals surface area contributed by atoms with Gasteiger partial charge in [0.25, 0.3) is 5.91 Å². The number of rotatable bonds is 7. The lowest BCUT2D eigenvalue weighted by Crippen LogP contribution is -2.40. The zero-order chi connectivity index (χ0) is 26.0. The van der Waals surface area contributed by atoms with Crippen LogP contribution in [0.1, 0.15) is 26.4 Å². The predicted octanol–water partition coefficient (Wildman–Crippen LogP) is 2.46. The van der Waals surface area contributed by atoms with Crippen LogP contribution in [-0.2, 0) is 21.3 Å². The molecular formula is C26H25N5O5S. The summed E-state index contributed by atoms with van der Waals surface area (Å²) in [6, 6.07) is 20.4. The highest BCUT2D eigenvalue weighted by Crippen LogP contribution is 2.23. The monoisotopic (exact) mass is 519 g/mol. The third-order valence-electron chi connectivity index (χ3n) is 6.16. The zero-order valence-corrected chi connectivity index (χ0v) is 20.6. The molecule has 1 aromatic heterocycles. The molecule has 3 aromatic carbocycles. The van der Waals surface area contributed by atoms with Crippen LogP contribution >= 0.6 is 0 Å². The number of aromatic nitrogens is 2. The van der Waals surface area contributed by atoms with Crippen molar-refractivity contribution in [2.45, 2.75) is 11.4 Å². The van der Waals surface area contributed by atoms with E-state index in [-0.39, 0.29) is 10.6 Å². The number of nitrogens with zero attached hydrogens (tertiary/aromatic N) is 3. The average molecular weight is 520 g/mol. The van der Waals surface area contributed by atoms with E-state index in [4.69, 9.17) is 10.5 Å². The fourth-order valence-electron chi connectivity index (χ4n) is 4.20. The molecule has 0 saturated carbocycles. The molecule has 0 unspecified atom stereocenters.